The number of aryl methyl sites for hydroxylation is 1. The zero-order valence-electron chi connectivity index (χ0n) is 14.8. The molecule has 7 nitrogen and oxygen atoms in total. The Morgan fingerprint density at radius 2 is 2.08 bits per heavy atom. The van der Waals surface area contributed by atoms with E-state index in [0.717, 1.165) is 36.6 Å². The lowest BCUT2D eigenvalue weighted by Gasteiger charge is -2.14. The lowest BCUT2D eigenvalue weighted by Crippen LogP contribution is -2.20. The van der Waals surface area contributed by atoms with E-state index in [1.54, 1.807) is 14.2 Å². The highest BCUT2D eigenvalue weighted by Crippen LogP contribution is 2.31. The maximum atomic E-state index is 5.62. The summed E-state index contributed by atoms with van der Waals surface area (Å²) in [4.78, 5) is 8.97. The van der Waals surface area contributed by atoms with Crippen LogP contribution < -0.4 is 20.1 Å². The summed E-state index contributed by atoms with van der Waals surface area (Å²) in [6.45, 7) is 3.49. The van der Waals surface area contributed by atoms with Gasteiger partial charge in [0.15, 0.2) is 0 Å². The van der Waals surface area contributed by atoms with E-state index >= 15 is 0 Å². The van der Waals surface area contributed by atoms with Gasteiger partial charge in [-0.05, 0) is 31.9 Å². The van der Waals surface area contributed by atoms with E-state index < -0.39 is 0 Å². The molecular formula is C18H24N4O3. The van der Waals surface area contributed by atoms with Crippen LogP contribution in [0.25, 0.3) is 0 Å². The highest BCUT2D eigenvalue weighted by Gasteiger charge is 2.15. The summed E-state index contributed by atoms with van der Waals surface area (Å²) < 4.78 is 16.3. The molecular weight excluding hydrogens is 320 g/mol. The Labute approximate surface area is 147 Å². The monoisotopic (exact) mass is 344 g/mol. The summed E-state index contributed by atoms with van der Waals surface area (Å²) in [5, 5.41) is 6.54. The summed E-state index contributed by atoms with van der Waals surface area (Å²) in [6.07, 6.45) is 2.42. The molecule has 0 bridgehead atoms. The van der Waals surface area contributed by atoms with Crippen LogP contribution in [-0.4, -0.2) is 43.4 Å². The Hall–Kier alpha value is -2.54. The van der Waals surface area contributed by atoms with Gasteiger partial charge in [0.25, 0.3) is 0 Å². The van der Waals surface area contributed by atoms with E-state index in [9.17, 15) is 0 Å². The smallest absolute Gasteiger partial charge is 0.224 e. The molecule has 1 aliphatic rings. The largest absolute Gasteiger partial charge is 0.497 e. The maximum absolute atomic E-state index is 5.62. The van der Waals surface area contributed by atoms with Crippen LogP contribution >= 0.6 is 0 Å². The molecule has 0 radical (unpaired) electrons. The minimum Gasteiger partial charge on any atom is -0.497 e. The zero-order valence-corrected chi connectivity index (χ0v) is 14.8. The van der Waals surface area contributed by atoms with Gasteiger partial charge >= 0.3 is 0 Å². The van der Waals surface area contributed by atoms with Crippen LogP contribution in [0.2, 0.25) is 0 Å². The molecule has 25 heavy (non-hydrogen) atoms. The maximum Gasteiger partial charge on any atom is 0.224 e. The second-order valence-corrected chi connectivity index (χ2v) is 5.93. The standard InChI is InChI=1S/C18H24N4O3/c1-12-9-17(21-15-10-13(23-2)6-7-16(15)24-3)22-18(20-12)19-11-14-5-4-8-25-14/h6-7,9-10,14H,4-5,8,11H2,1-3H3,(H2,19,20,21,22). The molecule has 0 saturated carbocycles. The quantitative estimate of drug-likeness (QED) is 0.799. The molecule has 2 aromatic rings. The van der Waals surface area contributed by atoms with E-state index in [1.807, 2.05) is 31.2 Å². The number of nitrogens with one attached hydrogen (secondary N) is 2. The van der Waals surface area contributed by atoms with Crippen molar-refractivity contribution in [3.63, 3.8) is 0 Å². The second-order valence-electron chi connectivity index (χ2n) is 5.93. The molecule has 1 saturated heterocycles. The number of nitrogens with zero attached hydrogens (tertiary/aromatic N) is 2. The summed E-state index contributed by atoms with van der Waals surface area (Å²) in [7, 11) is 3.26. The molecule has 0 amide bonds. The fourth-order valence-corrected chi connectivity index (χ4v) is 2.77. The molecule has 3 rings (SSSR count). The lowest BCUT2D eigenvalue weighted by molar-refractivity contribution is 0.120. The van der Waals surface area contributed by atoms with Crippen molar-refractivity contribution in [3.05, 3.63) is 30.0 Å². The SMILES string of the molecule is COc1ccc(OC)c(Nc2cc(C)nc(NCC3CCCO3)n2)c1. The minimum atomic E-state index is 0.235. The minimum absolute atomic E-state index is 0.235. The molecule has 1 aromatic heterocycles. The van der Waals surface area contributed by atoms with Gasteiger partial charge in [-0.1, -0.05) is 0 Å². The summed E-state index contributed by atoms with van der Waals surface area (Å²) in [5.41, 5.74) is 1.65. The molecule has 0 spiro atoms. The Balaban J connectivity index is 1.75. The second kappa shape index (κ2) is 8.02. The van der Waals surface area contributed by atoms with Gasteiger partial charge in [0.1, 0.15) is 17.3 Å². The Bertz CT molecular complexity index is 717. The van der Waals surface area contributed by atoms with Crippen LogP contribution in [0.3, 0.4) is 0 Å². The third-order valence-electron chi connectivity index (χ3n) is 4.04. The number of benzene rings is 1. The van der Waals surface area contributed by atoms with Crippen molar-refractivity contribution in [2.24, 2.45) is 0 Å². The van der Waals surface area contributed by atoms with E-state index in [4.69, 9.17) is 14.2 Å². The molecule has 7 heteroatoms. The summed E-state index contributed by atoms with van der Waals surface area (Å²) >= 11 is 0. The van der Waals surface area contributed by atoms with Crippen molar-refractivity contribution in [2.45, 2.75) is 25.9 Å². The van der Waals surface area contributed by atoms with Crippen molar-refractivity contribution in [3.8, 4) is 11.5 Å². The lowest BCUT2D eigenvalue weighted by atomic mass is 10.2. The predicted molar refractivity (Wildman–Crippen MR) is 97.1 cm³/mol. The number of methoxy groups -OCH3 is 2. The van der Waals surface area contributed by atoms with E-state index in [1.165, 1.54) is 0 Å². The van der Waals surface area contributed by atoms with Gasteiger partial charge in [-0.15, -0.1) is 0 Å². The zero-order chi connectivity index (χ0) is 17.6. The van der Waals surface area contributed by atoms with Crippen molar-refractivity contribution in [1.82, 2.24) is 9.97 Å². The van der Waals surface area contributed by atoms with Crippen LogP contribution in [0.15, 0.2) is 24.3 Å². The molecule has 1 unspecified atom stereocenters. The third-order valence-corrected chi connectivity index (χ3v) is 4.04. The third kappa shape index (κ3) is 4.51. The molecule has 0 aliphatic carbocycles. The fourth-order valence-electron chi connectivity index (χ4n) is 2.77. The van der Waals surface area contributed by atoms with Gasteiger partial charge in [0, 0.05) is 31.0 Å². The number of aromatic nitrogens is 2. The average Bonchev–Trinajstić information content (AvgIpc) is 3.13. The van der Waals surface area contributed by atoms with Crippen LogP contribution in [0.1, 0.15) is 18.5 Å². The average molecular weight is 344 g/mol. The number of rotatable bonds is 7. The van der Waals surface area contributed by atoms with Crippen LogP contribution in [0.4, 0.5) is 17.5 Å². The van der Waals surface area contributed by atoms with Crippen LogP contribution in [-0.2, 0) is 4.74 Å². The molecule has 1 atom stereocenters. The van der Waals surface area contributed by atoms with Crippen molar-refractivity contribution >= 4 is 17.5 Å². The van der Waals surface area contributed by atoms with Gasteiger partial charge in [0.05, 0.1) is 26.0 Å². The molecule has 1 aliphatic heterocycles. The summed E-state index contributed by atoms with van der Waals surface area (Å²) in [5.74, 6) is 2.73. The first-order valence-corrected chi connectivity index (χ1v) is 8.38. The number of hydrogen-bond donors (Lipinski definition) is 2. The predicted octanol–water partition coefficient (Wildman–Crippen LogP) is 3.14. The summed E-state index contributed by atoms with van der Waals surface area (Å²) in [6, 6.07) is 7.46. The van der Waals surface area contributed by atoms with Crippen molar-refractivity contribution in [2.75, 3.05) is 38.0 Å². The first-order chi connectivity index (χ1) is 12.2. The van der Waals surface area contributed by atoms with Gasteiger partial charge in [-0.25, -0.2) is 4.98 Å². The first-order valence-electron chi connectivity index (χ1n) is 8.38. The first kappa shape index (κ1) is 17.3. The normalized spacial score (nSPS) is 16.5. The highest BCUT2D eigenvalue weighted by atomic mass is 16.5. The fraction of sp³-hybridized carbons (Fsp3) is 0.444. The molecule has 134 valence electrons. The van der Waals surface area contributed by atoms with Gasteiger partial charge < -0.3 is 24.8 Å². The van der Waals surface area contributed by atoms with Crippen molar-refractivity contribution in [1.29, 1.82) is 0 Å². The number of hydrogen-bond acceptors (Lipinski definition) is 7. The Kier molecular flexibility index (Phi) is 5.55. The van der Waals surface area contributed by atoms with E-state index in [-0.39, 0.29) is 6.10 Å². The van der Waals surface area contributed by atoms with E-state index in [2.05, 4.69) is 20.6 Å². The Morgan fingerprint density at radius 3 is 2.80 bits per heavy atom. The van der Waals surface area contributed by atoms with Crippen molar-refractivity contribution < 1.29 is 14.2 Å². The van der Waals surface area contributed by atoms with Gasteiger partial charge in [0.2, 0.25) is 5.95 Å². The van der Waals surface area contributed by atoms with E-state index in [0.29, 0.717) is 24.1 Å². The Morgan fingerprint density at radius 1 is 1.20 bits per heavy atom. The molecule has 1 fully saturated rings. The van der Waals surface area contributed by atoms with Crippen LogP contribution in [0.5, 0.6) is 11.5 Å². The number of anilines is 3. The molecule has 2 N–H and O–H groups in total. The molecule has 1 aromatic carbocycles. The van der Waals surface area contributed by atoms with Crippen LogP contribution in [0, 0.1) is 6.92 Å². The molecule has 2 heterocycles. The van der Waals surface area contributed by atoms with Gasteiger partial charge in [-0.2, -0.15) is 4.98 Å². The highest BCUT2D eigenvalue weighted by molar-refractivity contribution is 5.66. The number of ether oxygens (including phenoxy) is 3. The van der Waals surface area contributed by atoms with Gasteiger partial charge in [-0.3, -0.25) is 0 Å². The topological polar surface area (TPSA) is 77.5 Å².